The molecule has 1 heterocycles. The number of benzene rings is 1. The van der Waals surface area contributed by atoms with Gasteiger partial charge in [-0.25, -0.2) is 0 Å². The summed E-state index contributed by atoms with van der Waals surface area (Å²) in [4.78, 5) is 11.9. The monoisotopic (exact) mass is 328 g/mol. The Morgan fingerprint density at radius 3 is 2.91 bits per heavy atom. The van der Waals surface area contributed by atoms with Crippen molar-refractivity contribution >= 4 is 18.3 Å². The van der Waals surface area contributed by atoms with Crippen LogP contribution in [0.1, 0.15) is 25.3 Å². The number of rotatable bonds is 6. The van der Waals surface area contributed by atoms with Gasteiger partial charge in [-0.05, 0) is 17.5 Å². The molecule has 1 atom stereocenters. The predicted octanol–water partition coefficient (Wildman–Crippen LogP) is 1.72. The van der Waals surface area contributed by atoms with Crippen LogP contribution in [0.25, 0.3) is 0 Å². The standard InChI is InChI=1S/C16H24N2O3.ClH/c1-12(2)13-5-3-4-6-15(13)21-10-8-18-16(19)14-11-20-9-7-17-14;/h3-6,12,14,17H,7-11H2,1-2H3,(H,18,19);1H. The SMILES string of the molecule is CC(C)c1ccccc1OCCNC(=O)C1COCCN1.Cl. The lowest BCUT2D eigenvalue weighted by molar-refractivity contribution is -0.126. The summed E-state index contributed by atoms with van der Waals surface area (Å²) in [6.07, 6.45) is 0. The number of halogens is 1. The highest BCUT2D eigenvalue weighted by Crippen LogP contribution is 2.25. The third-order valence-electron chi connectivity index (χ3n) is 3.44. The molecule has 1 unspecified atom stereocenters. The number of hydrogen-bond donors (Lipinski definition) is 2. The summed E-state index contributed by atoms with van der Waals surface area (Å²) in [7, 11) is 0. The van der Waals surface area contributed by atoms with Gasteiger partial charge < -0.3 is 20.1 Å². The Morgan fingerprint density at radius 1 is 1.45 bits per heavy atom. The lowest BCUT2D eigenvalue weighted by Gasteiger charge is -2.23. The molecular weight excluding hydrogens is 304 g/mol. The molecule has 124 valence electrons. The van der Waals surface area contributed by atoms with Gasteiger partial charge in [0, 0.05) is 6.54 Å². The second-order valence-electron chi connectivity index (χ2n) is 5.41. The summed E-state index contributed by atoms with van der Waals surface area (Å²) in [5, 5.41) is 5.99. The van der Waals surface area contributed by atoms with Crippen molar-refractivity contribution in [3.05, 3.63) is 29.8 Å². The molecule has 1 aliphatic rings. The van der Waals surface area contributed by atoms with Gasteiger partial charge in [-0.15, -0.1) is 12.4 Å². The first kappa shape index (κ1) is 18.7. The number of amides is 1. The van der Waals surface area contributed by atoms with Crippen molar-refractivity contribution in [1.29, 1.82) is 0 Å². The number of nitrogens with one attached hydrogen (secondary N) is 2. The number of hydrogen-bond acceptors (Lipinski definition) is 4. The normalized spacial score (nSPS) is 17.7. The van der Waals surface area contributed by atoms with E-state index in [-0.39, 0.29) is 24.4 Å². The van der Waals surface area contributed by atoms with E-state index >= 15 is 0 Å². The average Bonchev–Trinajstić information content (AvgIpc) is 2.52. The van der Waals surface area contributed by atoms with Crippen molar-refractivity contribution in [2.24, 2.45) is 0 Å². The van der Waals surface area contributed by atoms with E-state index in [4.69, 9.17) is 9.47 Å². The Hall–Kier alpha value is -1.30. The van der Waals surface area contributed by atoms with Crippen molar-refractivity contribution < 1.29 is 14.3 Å². The molecule has 1 amide bonds. The van der Waals surface area contributed by atoms with E-state index < -0.39 is 0 Å². The topological polar surface area (TPSA) is 59.6 Å². The van der Waals surface area contributed by atoms with Gasteiger partial charge in [0.15, 0.2) is 0 Å². The second-order valence-corrected chi connectivity index (χ2v) is 5.41. The molecule has 0 aromatic heterocycles. The van der Waals surface area contributed by atoms with Crippen molar-refractivity contribution in [3.63, 3.8) is 0 Å². The van der Waals surface area contributed by atoms with Crippen LogP contribution < -0.4 is 15.4 Å². The van der Waals surface area contributed by atoms with Crippen LogP contribution in [0, 0.1) is 0 Å². The summed E-state index contributed by atoms with van der Waals surface area (Å²) in [6.45, 7) is 7.04. The zero-order valence-electron chi connectivity index (χ0n) is 13.1. The van der Waals surface area contributed by atoms with Crippen LogP contribution in [0.2, 0.25) is 0 Å². The van der Waals surface area contributed by atoms with Gasteiger partial charge in [-0.3, -0.25) is 4.79 Å². The van der Waals surface area contributed by atoms with E-state index in [1.54, 1.807) is 0 Å². The highest BCUT2D eigenvalue weighted by atomic mass is 35.5. The summed E-state index contributed by atoms with van der Waals surface area (Å²) >= 11 is 0. The third-order valence-corrected chi connectivity index (χ3v) is 3.44. The molecule has 5 nitrogen and oxygen atoms in total. The number of carbonyl (C=O) groups is 1. The van der Waals surface area contributed by atoms with Gasteiger partial charge in [0.05, 0.1) is 19.8 Å². The summed E-state index contributed by atoms with van der Waals surface area (Å²) in [6, 6.07) is 7.76. The first-order chi connectivity index (χ1) is 10.2. The molecule has 1 fully saturated rings. The maximum atomic E-state index is 11.9. The zero-order valence-corrected chi connectivity index (χ0v) is 13.9. The van der Waals surface area contributed by atoms with Crippen molar-refractivity contribution in [3.8, 4) is 5.75 Å². The molecule has 1 aliphatic heterocycles. The molecule has 0 saturated carbocycles. The molecule has 1 saturated heterocycles. The molecule has 1 aromatic rings. The van der Waals surface area contributed by atoms with Gasteiger partial charge in [-0.1, -0.05) is 32.0 Å². The molecule has 0 bridgehead atoms. The number of morpholine rings is 1. The molecule has 6 heteroatoms. The van der Waals surface area contributed by atoms with E-state index in [1.165, 1.54) is 5.56 Å². The summed E-state index contributed by atoms with van der Waals surface area (Å²) < 4.78 is 11.0. The second kappa shape index (κ2) is 9.66. The van der Waals surface area contributed by atoms with Crippen LogP contribution in [0.15, 0.2) is 24.3 Å². The third kappa shape index (κ3) is 5.48. The highest BCUT2D eigenvalue weighted by Gasteiger charge is 2.20. The van der Waals surface area contributed by atoms with Crippen LogP contribution in [-0.2, 0) is 9.53 Å². The Balaban J connectivity index is 0.00000242. The minimum absolute atomic E-state index is 0. The molecule has 22 heavy (non-hydrogen) atoms. The molecule has 1 aromatic carbocycles. The van der Waals surface area contributed by atoms with E-state index in [1.807, 2.05) is 18.2 Å². The van der Waals surface area contributed by atoms with Crippen LogP contribution in [0.3, 0.4) is 0 Å². The molecular formula is C16H25ClN2O3. The van der Waals surface area contributed by atoms with Gasteiger partial charge in [0.25, 0.3) is 0 Å². The Bertz CT molecular complexity index is 462. The maximum absolute atomic E-state index is 11.9. The van der Waals surface area contributed by atoms with Crippen molar-refractivity contribution in [2.45, 2.75) is 25.8 Å². The van der Waals surface area contributed by atoms with E-state index in [0.717, 1.165) is 12.3 Å². The van der Waals surface area contributed by atoms with Gasteiger partial charge >= 0.3 is 0 Å². The first-order valence-corrected chi connectivity index (χ1v) is 7.49. The van der Waals surface area contributed by atoms with Gasteiger partial charge in [-0.2, -0.15) is 0 Å². The summed E-state index contributed by atoms with van der Waals surface area (Å²) in [5.74, 6) is 1.27. The lowest BCUT2D eigenvalue weighted by Crippen LogP contribution is -2.51. The van der Waals surface area contributed by atoms with Crippen molar-refractivity contribution in [1.82, 2.24) is 10.6 Å². The minimum atomic E-state index is -0.248. The van der Waals surface area contributed by atoms with E-state index in [9.17, 15) is 4.79 Å². The Labute approximate surface area is 138 Å². The smallest absolute Gasteiger partial charge is 0.239 e. The minimum Gasteiger partial charge on any atom is -0.491 e. The number of carbonyl (C=O) groups excluding carboxylic acids is 1. The van der Waals surface area contributed by atoms with Crippen LogP contribution in [0.4, 0.5) is 0 Å². The fourth-order valence-electron chi connectivity index (χ4n) is 2.28. The molecule has 0 spiro atoms. The molecule has 2 N–H and O–H groups in total. The lowest BCUT2D eigenvalue weighted by atomic mass is 10.0. The number of para-hydroxylation sites is 1. The van der Waals surface area contributed by atoms with Gasteiger partial charge in [0.1, 0.15) is 18.4 Å². The molecule has 0 aliphatic carbocycles. The first-order valence-electron chi connectivity index (χ1n) is 7.49. The fraction of sp³-hybridized carbons (Fsp3) is 0.562. The van der Waals surface area contributed by atoms with E-state index in [0.29, 0.717) is 32.3 Å². The van der Waals surface area contributed by atoms with Gasteiger partial charge in [0.2, 0.25) is 5.91 Å². The quantitative estimate of drug-likeness (QED) is 0.781. The van der Waals surface area contributed by atoms with Crippen LogP contribution in [0.5, 0.6) is 5.75 Å². The largest absolute Gasteiger partial charge is 0.491 e. The van der Waals surface area contributed by atoms with Crippen molar-refractivity contribution in [2.75, 3.05) is 32.9 Å². The van der Waals surface area contributed by atoms with E-state index in [2.05, 4.69) is 30.5 Å². The summed E-state index contributed by atoms with van der Waals surface area (Å²) in [5.41, 5.74) is 1.19. The Kier molecular flexibility index (Phi) is 8.24. The predicted molar refractivity (Wildman–Crippen MR) is 88.9 cm³/mol. The molecule has 2 rings (SSSR count). The highest BCUT2D eigenvalue weighted by molar-refractivity contribution is 5.85. The average molecular weight is 329 g/mol. The fourth-order valence-corrected chi connectivity index (χ4v) is 2.28. The molecule has 0 radical (unpaired) electrons. The zero-order chi connectivity index (χ0) is 15.1. The number of ether oxygens (including phenoxy) is 2. The van der Waals surface area contributed by atoms with Crippen LogP contribution in [-0.4, -0.2) is 44.9 Å². The van der Waals surface area contributed by atoms with Crippen LogP contribution >= 0.6 is 12.4 Å². The maximum Gasteiger partial charge on any atom is 0.239 e. The Morgan fingerprint density at radius 2 is 2.23 bits per heavy atom.